The lowest BCUT2D eigenvalue weighted by Gasteiger charge is -2.34. The molecule has 0 amide bonds. The average molecular weight is 646 g/mol. The molecule has 9 aromatic rings. The van der Waals surface area contributed by atoms with Crippen molar-refractivity contribution in [2.75, 3.05) is 0 Å². The Bertz CT molecular complexity index is 2510. The van der Waals surface area contributed by atoms with E-state index in [1.54, 1.807) is 12.1 Å². The summed E-state index contributed by atoms with van der Waals surface area (Å²) in [5.74, 6) is -0.229. The van der Waals surface area contributed by atoms with Gasteiger partial charge in [0.2, 0.25) is 0 Å². The highest BCUT2D eigenvalue weighted by molar-refractivity contribution is 7.19. The Hall–Kier alpha value is -6.03. The molecule has 0 bridgehead atoms. The minimum atomic E-state index is -2.68. The van der Waals surface area contributed by atoms with Crippen LogP contribution in [-0.4, -0.2) is 12.6 Å². The van der Waals surface area contributed by atoms with Gasteiger partial charge in [-0.1, -0.05) is 158 Å². The summed E-state index contributed by atoms with van der Waals surface area (Å²) in [5, 5.41) is 9.65. The highest BCUT2D eigenvalue weighted by atomic mass is 28.3. The number of fused-ring (bicyclic) bond motifs is 5. The first-order valence-electron chi connectivity index (χ1n) is 16.7. The zero-order valence-electron chi connectivity index (χ0n) is 26.8. The van der Waals surface area contributed by atoms with Crippen LogP contribution in [-0.2, 0) is 0 Å². The first kappa shape index (κ1) is 29.1. The van der Waals surface area contributed by atoms with E-state index in [9.17, 15) is 4.39 Å². The number of hydrogen-bond acceptors (Lipinski definition) is 0. The van der Waals surface area contributed by atoms with Crippen LogP contribution in [0.15, 0.2) is 194 Å². The molecule has 0 fully saturated rings. The van der Waals surface area contributed by atoms with E-state index in [0.717, 1.165) is 49.4 Å². The maximum Gasteiger partial charge on any atom is 0.179 e. The summed E-state index contributed by atoms with van der Waals surface area (Å²) in [6, 6.07) is 68.9. The molecule has 0 saturated heterocycles. The molecule has 0 unspecified atom stereocenters. The van der Waals surface area contributed by atoms with E-state index in [-0.39, 0.29) is 5.82 Å². The lowest BCUT2D eigenvalue weighted by atomic mass is 10.0. The second-order valence-corrected chi connectivity index (χ2v) is 16.5. The third-order valence-corrected chi connectivity index (χ3v) is 14.7. The van der Waals surface area contributed by atoms with Crippen molar-refractivity contribution in [3.8, 4) is 16.8 Å². The predicted molar refractivity (Wildman–Crippen MR) is 207 cm³/mol. The lowest BCUT2D eigenvalue weighted by Crippen LogP contribution is -2.74. The third-order valence-electron chi connectivity index (χ3n) is 9.97. The Morgan fingerprint density at radius 2 is 0.939 bits per heavy atom. The monoisotopic (exact) mass is 645 g/mol. The van der Waals surface area contributed by atoms with Crippen LogP contribution in [0.4, 0.5) is 4.39 Å². The Labute approximate surface area is 286 Å². The van der Waals surface area contributed by atoms with Gasteiger partial charge < -0.3 is 4.57 Å². The van der Waals surface area contributed by atoms with E-state index in [1.807, 2.05) is 6.07 Å². The Morgan fingerprint density at radius 3 is 1.61 bits per heavy atom. The number of rotatable bonds is 6. The largest absolute Gasteiger partial charge is 0.309 e. The van der Waals surface area contributed by atoms with Gasteiger partial charge in [-0.25, -0.2) is 4.39 Å². The van der Waals surface area contributed by atoms with Crippen molar-refractivity contribution in [1.29, 1.82) is 0 Å². The van der Waals surface area contributed by atoms with Crippen LogP contribution < -0.4 is 20.7 Å². The SMILES string of the molecule is Fc1ccc2c(c1)c1c3ccccc3ccc1n2-c1cccc(-c2cccc([Si](c3ccccc3)(c3ccccc3)c3ccccc3)c2)c1. The van der Waals surface area contributed by atoms with Crippen molar-refractivity contribution >= 4 is 61.4 Å². The lowest BCUT2D eigenvalue weighted by molar-refractivity contribution is 0.629. The number of benzene rings is 8. The van der Waals surface area contributed by atoms with Gasteiger partial charge in [-0.2, -0.15) is 0 Å². The van der Waals surface area contributed by atoms with Crippen LogP contribution in [0.25, 0.3) is 49.4 Å². The molecular weight excluding hydrogens is 614 g/mol. The first-order chi connectivity index (χ1) is 24.2. The van der Waals surface area contributed by atoms with E-state index in [2.05, 4.69) is 180 Å². The standard InChI is InChI=1S/C46H32FNSi/c47-36-27-29-44-43(32-36)46-42-25-11-10-14-33(42)26-28-45(46)48(44)37-17-12-15-34(30-37)35-16-13-24-41(31-35)49(38-18-4-1-5-19-38,39-20-6-2-7-21-39)40-22-8-3-9-23-40/h1-32H. The molecule has 0 N–H and O–H groups in total. The van der Waals surface area contributed by atoms with Crippen LogP contribution in [0.5, 0.6) is 0 Å². The molecule has 0 spiro atoms. The topological polar surface area (TPSA) is 4.93 Å². The molecule has 1 heterocycles. The smallest absolute Gasteiger partial charge is 0.179 e. The zero-order chi connectivity index (χ0) is 32.8. The fourth-order valence-electron chi connectivity index (χ4n) is 7.86. The summed E-state index contributed by atoms with van der Waals surface area (Å²) in [6.07, 6.45) is 0. The molecule has 3 heteroatoms. The molecule has 0 aliphatic carbocycles. The van der Waals surface area contributed by atoms with Gasteiger partial charge in [0, 0.05) is 16.5 Å². The van der Waals surface area contributed by atoms with Gasteiger partial charge in [-0.15, -0.1) is 0 Å². The van der Waals surface area contributed by atoms with Gasteiger partial charge in [0.15, 0.2) is 8.07 Å². The molecule has 0 atom stereocenters. The van der Waals surface area contributed by atoms with E-state index < -0.39 is 8.07 Å². The molecule has 232 valence electrons. The van der Waals surface area contributed by atoms with Gasteiger partial charge in [0.25, 0.3) is 0 Å². The Balaban J connectivity index is 1.26. The summed E-state index contributed by atoms with van der Waals surface area (Å²) < 4.78 is 17.0. The normalized spacial score (nSPS) is 11.8. The van der Waals surface area contributed by atoms with E-state index >= 15 is 0 Å². The molecule has 1 aromatic heterocycles. The highest BCUT2D eigenvalue weighted by Gasteiger charge is 2.41. The zero-order valence-corrected chi connectivity index (χ0v) is 27.8. The van der Waals surface area contributed by atoms with E-state index in [0.29, 0.717) is 0 Å². The minimum Gasteiger partial charge on any atom is -0.309 e. The molecule has 0 saturated carbocycles. The minimum absolute atomic E-state index is 0.229. The fraction of sp³-hybridized carbons (Fsp3) is 0. The van der Waals surface area contributed by atoms with Crippen LogP contribution in [0.3, 0.4) is 0 Å². The number of aromatic nitrogens is 1. The number of hydrogen-bond donors (Lipinski definition) is 0. The highest BCUT2D eigenvalue weighted by Crippen LogP contribution is 2.37. The molecule has 49 heavy (non-hydrogen) atoms. The van der Waals surface area contributed by atoms with Crippen molar-refractivity contribution in [2.24, 2.45) is 0 Å². The maximum absolute atomic E-state index is 14.8. The second kappa shape index (κ2) is 11.9. The van der Waals surface area contributed by atoms with E-state index in [1.165, 1.54) is 20.7 Å². The summed E-state index contributed by atoms with van der Waals surface area (Å²) >= 11 is 0. The average Bonchev–Trinajstić information content (AvgIpc) is 3.51. The van der Waals surface area contributed by atoms with Gasteiger partial charge in [-0.3, -0.25) is 0 Å². The van der Waals surface area contributed by atoms with Crippen LogP contribution >= 0.6 is 0 Å². The molecule has 0 aliphatic rings. The Kier molecular flexibility index (Phi) is 7.07. The molecule has 1 nitrogen and oxygen atoms in total. The van der Waals surface area contributed by atoms with Gasteiger partial charge >= 0.3 is 0 Å². The van der Waals surface area contributed by atoms with Crippen LogP contribution in [0, 0.1) is 5.82 Å². The fourth-order valence-corrected chi connectivity index (χ4v) is 12.7. The number of halogens is 1. The van der Waals surface area contributed by atoms with Gasteiger partial charge in [0.1, 0.15) is 5.82 Å². The summed E-state index contributed by atoms with van der Waals surface area (Å²) in [7, 11) is -2.68. The van der Waals surface area contributed by atoms with Crippen molar-refractivity contribution in [2.45, 2.75) is 0 Å². The van der Waals surface area contributed by atoms with Crippen LogP contribution in [0.1, 0.15) is 0 Å². The summed E-state index contributed by atoms with van der Waals surface area (Å²) in [4.78, 5) is 0. The second-order valence-electron chi connectivity index (χ2n) is 12.7. The molecule has 9 rings (SSSR count). The first-order valence-corrected chi connectivity index (χ1v) is 18.7. The van der Waals surface area contributed by atoms with Crippen molar-refractivity contribution in [3.63, 3.8) is 0 Å². The quantitative estimate of drug-likeness (QED) is 0.126. The Morgan fingerprint density at radius 1 is 0.388 bits per heavy atom. The summed E-state index contributed by atoms with van der Waals surface area (Å²) in [5.41, 5.74) is 5.39. The maximum atomic E-state index is 14.8. The number of nitrogens with zero attached hydrogens (tertiary/aromatic N) is 1. The van der Waals surface area contributed by atoms with Crippen molar-refractivity contribution < 1.29 is 4.39 Å². The van der Waals surface area contributed by atoms with E-state index in [4.69, 9.17) is 0 Å². The molecule has 8 aromatic carbocycles. The van der Waals surface area contributed by atoms with Crippen LogP contribution in [0.2, 0.25) is 0 Å². The molecular formula is C46H32FNSi. The third kappa shape index (κ3) is 4.74. The van der Waals surface area contributed by atoms with Crippen molar-refractivity contribution in [3.05, 3.63) is 200 Å². The van der Waals surface area contributed by atoms with Crippen molar-refractivity contribution in [1.82, 2.24) is 4.57 Å². The molecule has 0 aliphatic heterocycles. The predicted octanol–water partition coefficient (Wildman–Crippen LogP) is 9.12. The molecule has 0 radical (unpaired) electrons. The van der Waals surface area contributed by atoms with Gasteiger partial charge in [0.05, 0.1) is 11.0 Å². The summed E-state index contributed by atoms with van der Waals surface area (Å²) in [6.45, 7) is 0. The van der Waals surface area contributed by atoms with Gasteiger partial charge in [-0.05, 0) is 79.0 Å².